The fourth-order valence-corrected chi connectivity index (χ4v) is 4.73. The minimum Gasteiger partial charge on any atom is -0.381 e. The highest BCUT2D eigenvalue weighted by Crippen LogP contribution is 2.51. The molecule has 3 aliphatic rings. The van der Waals surface area contributed by atoms with Gasteiger partial charge in [0.05, 0.1) is 6.10 Å². The van der Waals surface area contributed by atoms with Crippen LogP contribution in [0.4, 0.5) is 0 Å². The standard InChI is InChI=1S/C15H28N2O/c1-15(2)13(9-14(15)18-4)17-11-5-6-12(17)8-10(7-11)16-3/h10-14,16H,5-9H2,1-4H3. The fraction of sp³-hybridized carbons (Fsp3) is 1.00. The van der Waals surface area contributed by atoms with Crippen molar-refractivity contribution in [1.82, 2.24) is 10.2 Å². The van der Waals surface area contributed by atoms with E-state index in [1.165, 1.54) is 32.1 Å². The molecule has 104 valence electrons. The van der Waals surface area contributed by atoms with Crippen molar-refractivity contribution in [2.24, 2.45) is 5.41 Å². The Hall–Kier alpha value is -0.120. The number of methoxy groups -OCH3 is 1. The Labute approximate surface area is 111 Å². The minimum atomic E-state index is 0.335. The topological polar surface area (TPSA) is 24.5 Å². The Kier molecular flexibility index (Phi) is 3.20. The summed E-state index contributed by atoms with van der Waals surface area (Å²) in [7, 11) is 3.98. The molecule has 1 aliphatic carbocycles. The molecule has 3 heteroatoms. The summed E-state index contributed by atoms with van der Waals surface area (Å²) in [4.78, 5) is 2.86. The average molecular weight is 252 g/mol. The number of nitrogens with zero attached hydrogens (tertiary/aromatic N) is 1. The Morgan fingerprint density at radius 2 is 1.72 bits per heavy atom. The molecule has 0 amide bonds. The van der Waals surface area contributed by atoms with E-state index < -0.39 is 0 Å². The van der Waals surface area contributed by atoms with Crippen LogP contribution in [-0.2, 0) is 4.74 Å². The first kappa shape index (κ1) is 12.9. The van der Waals surface area contributed by atoms with Crippen LogP contribution in [-0.4, -0.2) is 49.3 Å². The number of piperidine rings is 1. The minimum absolute atomic E-state index is 0.335. The van der Waals surface area contributed by atoms with Crippen molar-refractivity contribution in [1.29, 1.82) is 0 Å². The summed E-state index contributed by atoms with van der Waals surface area (Å²) in [5.74, 6) is 0. The van der Waals surface area contributed by atoms with Gasteiger partial charge in [0.25, 0.3) is 0 Å². The highest BCUT2D eigenvalue weighted by atomic mass is 16.5. The van der Waals surface area contributed by atoms with Gasteiger partial charge in [-0.05, 0) is 39.2 Å². The molecule has 4 atom stereocenters. The molecule has 2 heterocycles. The van der Waals surface area contributed by atoms with Gasteiger partial charge in [-0.25, -0.2) is 0 Å². The lowest BCUT2D eigenvalue weighted by Gasteiger charge is -2.59. The van der Waals surface area contributed by atoms with E-state index in [0.29, 0.717) is 11.5 Å². The molecule has 0 aromatic heterocycles. The predicted molar refractivity (Wildman–Crippen MR) is 73.7 cm³/mol. The second-order valence-electron chi connectivity index (χ2n) is 7.09. The molecule has 1 N–H and O–H groups in total. The lowest BCUT2D eigenvalue weighted by atomic mass is 9.63. The first-order valence-electron chi connectivity index (χ1n) is 7.55. The van der Waals surface area contributed by atoms with E-state index in [-0.39, 0.29) is 0 Å². The number of hydrogen-bond donors (Lipinski definition) is 1. The average Bonchev–Trinajstić information content (AvgIpc) is 2.60. The monoisotopic (exact) mass is 252 g/mol. The zero-order valence-electron chi connectivity index (χ0n) is 12.3. The number of ether oxygens (including phenoxy) is 1. The van der Waals surface area contributed by atoms with Crippen molar-refractivity contribution in [2.75, 3.05) is 14.2 Å². The number of nitrogens with one attached hydrogen (secondary N) is 1. The first-order chi connectivity index (χ1) is 8.57. The molecular weight excluding hydrogens is 224 g/mol. The maximum absolute atomic E-state index is 5.62. The molecule has 2 saturated heterocycles. The van der Waals surface area contributed by atoms with E-state index in [9.17, 15) is 0 Å². The smallest absolute Gasteiger partial charge is 0.0652 e. The van der Waals surface area contributed by atoms with Gasteiger partial charge in [-0.1, -0.05) is 13.8 Å². The quantitative estimate of drug-likeness (QED) is 0.831. The van der Waals surface area contributed by atoms with Crippen LogP contribution < -0.4 is 5.32 Å². The molecule has 3 nitrogen and oxygen atoms in total. The lowest BCUT2D eigenvalue weighted by molar-refractivity contribution is -0.155. The molecule has 1 saturated carbocycles. The van der Waals surface area contributed by atoms with Gasteiger partial charge in [0.2, 0.25) is 0 Å². The van der Waals surface area contributed by atoms with Gasteiger partial charge < -0.3 is 10.1 Å². The molecule has 0 radical (unpaired) electrons. The van der Waals surface area contributed by atoms with Gasteiger partial charge >= 0.3 is 0 Å². The summed E-state index contributed by atoms with van der Waals surface area (Å²) in [6, 6.07) is 3.14. The molecule has 2 bridgehead atoms. The molecule has 4 unspecified atom stereocenters. The maximum atomic E-state index is 5.62. The molecule has 0 aromatic rings. The van der Waals surface area contributed by atoms with Crippen molar-refractivity contribution in [3.8, 4) is 0 Å². The van der Waals surface area contributed by atoms with Gasteiger partial charge in [0.1, 0.15) is 0 Å². The lowest BCUT2D eigenvalue weighted by Crippen LogP contribution is -2.66. The summed E-state index contributed by atoms with van der Waals surface area (Å²) >= 11 is 0. The molecule has 18 heavy (non-hydrogen) atoms. The summed E-state index contributed by atoms with van der Waals surface area (Å²) in [6.45, 7) is 4.78. The maximum Gasteiger partial charge on any atom is 0.0652 e. The van der Waals surface area contributed by atoms with E-state index >= 15 is 0 Å². The molecule has 0 spiro atoms. The van der Waals surface area contributed by atoms with E-state index in [1.807, 2.05) is 7.11 Å². The summed E-state index contributed by atoms with van der Waals surface area (Å²) in [6.07, 6.45) is 7.21. The zero-order chi connectivity index (χ0) is 12.9. The molecular formula is C15H28N2O. The Morgan fingerprint density at radius 1 is 1.11 bits per heavy atom. The van der Waals surface area contributed by atoms with Crippen LogP contribution in [0.5, 0.6) is 0 Å². The van der Waals surface area contributed by atoms with Crippen LogP contribution in [0.2, 0.25) is 0 Å². The molecule has 0 aromatic carbocycles. The largest absolute Gasteiger partial charge is 0.381 e. The van der Waals surface area contributed by atoms with E-state index in [0.717, 1.165) is 24.2 Å². The van der Waals surface area contributed by atoms with Crippen molar-refractivity contribution >= 4 is 0 Å². The van der Waals surface area contributed by atoms with Crippen LogP contribution in [0.15, 0.2) is 0 Å². The van der Waals surface area contributed by atoms with Gasteiger partial charge in [-0.2, -0.15) is 0 Å². The van der Waals surface area contributed by atoms with Crippen molar-refractivity contribution in [3.05, 3.63) is 0 Å². The first-order valence-corrected chi connectivity index (χ1v) is 7.55. The summed E-state index contributed by atoms with van der Waals surface area (Å²) < 4.78 is 5.62. The second kappa shape index (κ2) is 4.46. The summed E-state index contributed by atoms with van der Waals surface area (Å²) in [5.41, 5.74) is 0.335. The van der Waals surface area contributed by atoms with Gasteiger partial charge in [-0.3, -0.25) is 4.90 Å². The van der Waals surface area contributed by atoms with Crippen molar-refractivity contribution in [2.45, 2.75) is 76.2 Å². The molecule has 3 rings (SSSR count). The number of rotatable bonds is 3. The van der Waals surface area contributed by atoms with Crippen LogP contribution in [0.1, 0.15) is 46.0 Å². The van der Waals surface area contributed by atoms with E-state index in [1.54, 1.807) is 0 Å². The van der Waals surface area contributed by atoms with E-state index in [4.69, 9.17) is 4.74 Å². The van der Waals surface area contributed by atoms with Gasteiger partial charge in [0, 0.05) is 36.7 Å². The SMILES string of the molecule is CNC1CC2CCC(C1)N2C1CC(OC)C1(C)C. The summed E-state index contributed by atoms with van der Waals surface area (Å²) in [5, 5.41) is 3.49. The Bertz CT molecular complexity index is 304. The number of fused-ring (bicyclic) bond motifs is 2. The highest BCUT2D eigenvalue weighted by molar-refractivity contribution is 5.10. The predicted octanol–water partition coefficient (Wildman–Crippen LogP) is 2.01. The van der Waals surface area contributed by atoms with Crippen LogP contribution in [0, 0.1) is 5.41 Å². The Morgan fingerprint density at radius 3 is 2.17 bits per heavy atom. The van der Waals surface area contributed by atoms with Gasteiger partial charge in [0.15, 0.2) is 0 Å². The second-order valence-corrected chi connectivity index (χ2v) is 7.09. The van der Waals surface area contributed by atoms with Crippen LogP contribution in [0.3, 0.4) is 0 Å². The number of hydrogen-bond acceptors (Lipinski definition) is 3. The highest BCUT2D eigenvalue weighted by Gasteiger charge is 2.56. The third-order valence-corrected chi connectivity index (χ3v) is 5.97. The third kappa shape index (κ3) is 1.75. The zero-order valence-corrected chi connectivity index (χ0v) is 12.3. The van der Waals surface area contributed by atoms with E-state index in [2.05, 4.69) is 31.1 Å². The molecule has 2 aliphatic heterocycles. The fourth-order valence-electron chi connectivity index (χ4n) is 4.73. The van der Waals surface area contributed by atoms with Gasteiger partial charge in [-0.15, -0.1) is 0 Å². The molecule has 3 fully saturated rings. The Balaban J connectivity index is 1.72. The van der Waals surface area contributed by atoms with Crippen molar-refractivity contribution < 1.29 is 4.74 Å². The normalized spacial score (nSPS) is 47.0. The van der Waals surface area contributed by atoms with Crippen molar-refractivity contribution in [3.63, 3.8) is 0 Å². The van der Waals surface area contributed by atoms with Crippen LogP contribution in [0.25, 0.3) is 0 Å². The third-order valence-electron chi connectivity index (χ3n) is 5.97. The van der Waals surface area contributed by atoms with Crippen LogP contribution >= 0.6 is 0 Å².